The summed E-state index contributed by atoms with van der Waals surface area (Å²) in [7, 11) is 3.53. The highest BCUT2D eigenvalue weighted by Crippen LogP contribution is 2.48. The summed E-state index contributed by atoms with van der Waals surface area (Å²) >= 11 is 0. The molecule has 3 atom stereocenters. The van der Waals surface area contributed by atoms with Gasteiger partial charge in [-0.1, -0.05) is 24.3 Å². The minimum atomic E-state index is -0.000747. The van der Waals surface area contributed by atoms with Crippen LogP contribution in [-0.2, 0) is 6.54 Å². The molecule has 1 saturated heterocycles. The molecule has 0 saturated carbocycles. The molecule has 1 amide bonds. The smallest absolute Gasteiger partial charge is 0.253 e. The summed E-state index contributed by atoms with van der Waals surface area (Å²) in [6.07, 6.45) is 1.03. The van der Waals surface area contributed by atoms with Crippen molar-refractivity contribution < 1.29 is 19.4 Å². The SMILES string of the molecule is CN(C)C(=O)c1ccc(-c2ccc3c(c2)[C@H]2[C@H](CCN2Cc2ccc4c(c2)OCO4)[C@H](CO)N3)cc1. The van der Waals surface area contributed by atoms with Crippen LogP contribution in [0.5, 0.6) is 11.5 Å². The normalized spacial score (nSPS) is 22.0. The maximum absolute atomic E-state index is 12.3. The van der Waals surface area contributed by atoms with Crippen molar-refractivity contribution in [3.63, 3.8) is 0 Å². The molecular formula is C29H31N3O4. The highest BCUT2D eigenvalue weighted by molar-refractivity contribution is 5.94. The summed E-state index contributed by atoms with van der Waals surface area (Å²) in [6.45, 7) is 2.16. The molecule has 3 aliphatic heterocycles. The van der Waals surface area contributed by atoms with Crippen molar-refractivity contribution in [1.29, 1.82) is 0 Å². The fourth-order valence-corrected chi connectivity index (χ4v) is 5.85. The summed E-state index contributed by atoms with van der Waals surface area (Å²) in [5.41, 5.74) is 6.41. The van der Waals surface area contributed by atoms with Crippen molar-refractivity contribution in [2.24, 2.45) is 5.92 Å². The van der Waals surface area contributed by atoms with Crippen LogP contribution in [-0.4, -0.2) is 60.9 Å². The quantitative estimate of drug-likeness (QED) is 0.566. The van der Waals surface area contributed by atoms with E-state index in [-0.39, 0.29) is 31.4 Å². The molecule has 36 heavy (non-hydrogen) atoms. The number of ether oxygens (including phenoxy) is 2. The highest BCUT2D eigenvalue weighted by Gasteiger charge is 2.43. The third kappa shape index (κ3) is 3.98. The van der Waals surface area contributed by atoms with E-state index in [0.29, 0.717) is 11.5 Å². The predicted molar refractivity (Wildman–Crippen MR) is 138 cm³/mol. The minimum absolute atomic E-state index is 0.000747. The first-order valence-electron chi connectivity index (χ1n) is 12.5. The third-order valence-corrected chi connectivity index (χ3v) is 7.67. The second-order valence-electron chi connectivity index (χ2n) is 10.1. The third-order valence-electron chi connectivity index (χ3n) is 7.67. The Bertz CT molecular complexity index is 1290. The molecule has 6 rings (SSSR count). The van der Waals surface area contributed by atoms with Crippen molar-refractivity contribution in [2.75, 3.05) is 39.4 Å². The molecule has 1 fully saturated rings. The summed E-state index contributed by atoms with van der Waals surface area (Å²) in [5.74, 6) is 1.93. The Balaban J connectivity index is 1.32. The minimum Gasteiger partial charge on any atom is -0.454 e. The van der Waals surface area contributed by atoms with Crippen LogP contribution in [0.2, 0.25) is 0 Å². The van der Waals surface area contributed by atoms with E-state index in [1.165, 1.54) is 11.1 Å². The van der Waals surface area contributed by atoms with Gasteiger partial charge in [0.25, 0.3) is 5.91 Å². The zero-order valence-electron chi connectivity index (χ0n) is 20.6. The van der Waals surface area contributed by atoms with Crippen LogP contribution in [0.15, 0.2) is 60.7 Å². The molecule has 0 aromatic heterocycles. The van der Waals surface area contributed by atoms with Crippen LogP contribution in [0.4, 0.5) is 5.69 Å². The Morgan fingerprint density at radius 1 is 1.03 bits per heavy atom. The molecule has 3 aliphatic rings. The number of hydrogen-bond acceptors (Lipinski definition) is 6. The van der Waals surface area contributed by atoms with Gasteiger partial charge in [0, 0.05) is 43.9 Å². The maximum Gasteiger partial charge on any atom is 0.253 e. The molecule has 3 aromatic rings. The van der Waals surface area contributed by atoms with Gasteiger partial charge in [0.1, 0.15) is 0 Å². The van der Waals surface area contributed by atoms with Crippen LogP contribution in [0.25, 0.3) is 11.1 Å². The molecule has 0 aliphatic carbocycles. The van der Waals surface area contributed by atoms with Gasteiger partial charge in [-0.15, -0.1) is 0 Å². The monoisotopic (exact) mass is 485 g/mol. The van der Waals surface area contributed by atoms with E-state index in [1.54, 1.807) is 19.0 Å². The summed E-state index contributed by atoms with van der Waals surface area (Å²) in [4.78, 5) is 16.4. The Morgan fingerprint density at radius 3 is 2.58 bits per heavy atom. The van der Waals surface area contributed by atoms with Gasteiger partial charge in [-0.25, -0.2) is 0 Å². The fraction of sp³-hybridized carbons (Fsp3) is 0.345. The average Bonchev–Trinajstić information content (AvgIpc) is 3.55. The Hall–Kier alpha value is -3.55. The van der Waals surface area contributed by atoms with Gasteiger partial charge < -0.3 is 24.8 Å². The van der Waals surface area contributed by atoms with Crippen molar-refractivity contribution >= 4 is 11.6 Å². The van der Waals surface area contributed by atoms with E-state index in [0.717, 1.165) is 47.8 Å². The number of hydrogen-bond donors (Lipinski definition) is 2. The number of aliphatic hydroxyl groups excluding tert-OH is 1. The molecular weight excluding hydrogens is 454 g/mol. The van der Waals surface area contributed by atoms with E-state index in [1.807, 2.05) is 30.3 Å². The van der Waals surface area contributed by atoms with E-state index < -0.39 is 0 Å². The first-order valence-corrected chi connectivity index (χ1v) is 12.5. The van der Waals surface area contributed by atoms with Gasteiger partial charge >= 0.3 is 0 Å². The van der Waals surface area contributed by atoms with Gasteiger partial charge in [-0.2, -0.15) is 0 Å². The standard InChI is InChI=1S/C29H31N3O4/c1-31(2)29(34)20-6-4-19(5-7-20)21-8-9-24-23(14-21)28-22(25(16-33)30-24)11-12-32(28)15-18-3-10-26-27(13-18)36-17-35-26/h3-10,13-14,22,25,28,30,33H,11-12,15-17H2,1-2H3/t22-,25+,28-/m1/s1. The number of nitrogens with one attached hydrogen (secondary N) is 1. The second kappa shape index (κ2) is 9.15. The average molecular weight is 486 g/mol. The van der Waals surface area contributed by atoms with E-state index in [2.05, 4.69) is 40.5 Å². The van der Waals surface area contributed by atoms with Gasteiger partial charge in [0.15, 0.2) is 11.5 Å². The van der Waals surface area contributed by atoms with E-state index in [9.17, 15) is 9.90 Å². The van der Waals surface area contributed by atoms with Crippen LogP contribution in [0.1, 0.15) is 33.9 Å². The number of nitrogens with zero attached hydrogens (tertiary/aromatic N) is 2. The van der Waals surface area contributed by atoms with Gasteiger partial charge in [0.05, 0.1) is 12.6 Å². The van der Waals surface area contributed by atoms with E-state index >= 15 is 0 Å². The summed E-state index contributed by atoms with van der Waals surface area (Å²) in [5, 5.41) is 13.7. The first kappa shape index (κ1) is 22.9. The van der Waals surface area contributed by atoms with Crippen LogP contribution >= 0.6 is 0 Å². The lowest BCUT2D eigenvalue weighted by Gasteiger charge is -2.39. The number of carbonyl (C=O) groups is 1. The number of carbonyl (C=O) groups excluding carboxylic acids is 1. The largest absolute Gasteiger partial charge is 0.454 e. The van der Waals surface area contributed by atoms with Crippen LogP contribution in [0, 0.1) is 5.92 Å². The van der Waals surface area contributed by atoms with Crippen molar-refractivity contribution in [1.82, 2.24) is 9.80 Å². The lowest BCUT2D eigenvalue weighted by Crippen LogP contribution is -2.41. The molecule has 0 radical (unpaired) electrons. The number of aliphatic hydroxyl groups is 1. The molecule has 186 valence electrons. The number of likely N-dealkylation sites (tertiary alicyclic amines) is 1. The topological polar surface area (TPSA) is 74.3 Å². The predicted octanol–water partition coefficient (Wildman–Crippen LogP) is 4.13. The van der Waals surface area contributed by atoms with Gasteiger partial charge in [0.2, 0.25) is 6.79 Å². The number of anilines is 1. The van der Waals surface area contributed by atoms with Crippen LogP contribution in [0.3, 0.4) is 0 Å². The van der Waals surface area contributed by atoms with Crippen molar-refractivity contribution in [3.05, 3.63) is 77.4 Å². The molecule has 0 unspecified atom stereocenters. The van der Waals surface area contributed by atoms with Crippen molar-refractivity contribution in [3.8, 4) is 22.6 Å². The Labute approximate surface area is 211 Å². The number of rotatable bonds is 5. The molecule has 0 spiro atoms. The fourth-order valence-electron chi connectivity index (χ4n) is 5.85. The maximum atomic E-state index is 12.3. The molecule has 0 bridgehead atoms. The Morgan fingerprint density at radius 2 is 1.81 bits per heavy atom. The summed E-state index contributed by atoms with van der Waals surface area (Å²) < 4.78 is 11.1. The summed E-state index contributed by atoms with van der Waals surface area (Å²) in [6, 6.07) is 20.7. The number of amides is 1. The highest BCUT2D eigenvalue weighted by atomic mass is 16.7. The molecule has 3 heterocycles. The van der Waals surface area contributed by atoms with Gasteiger partial charge in [-0.3, -0.25) is 9.69 Å². The van der Waals surface area contributed by atoms with Crippen LogP contribution < -0.4 is 14.8 Å². The van der Waals surface area contributed by atoms with Gasteiger partial charge in [-0.05, 0) is 71.6 Å². The Kier molecular flexibility index (Phi) is 5.82. The number of fused-ring (bicyclic) bond motifs is 4. The lowest BCUT2D eigenvalue weighted by molar-refractivity contribution is 0.0827. The number of benzene rings is 3. The second-order valence-corrected chi connectivity index (χ2v) is 10.1. The lowest BCUT2D eigenvalue weighted by atomic mass is 9.82. The zero-order chi connectivity index (χ0) is 24.8. The molecule has 3 aromatic carbocycles. The first-order chi connectivity index (χ1) is 17.5. The van der Waals surface area contributed by atoms with E-state index in [4.69, 9.17) is 9.47 Å². The zero-order valence-corrected chi connectivity index (χ0v) is 20.6. The molecule has 7 heteroatoms. The molecule has 2 N–H and O–H groups in total. The molecule has 7 nitrogen and oxygen atoms in total. The van der Waals surface area contributed by atoms with Crippen molar-refractivity contribution in [2.45, 2.75) is 25.0 Å².